The first-order valence-corrected chi connectivity index (χ1v) is 6.48. The summed E-state index contributed by atoms with van der Waals surface area (Å²) in [4.78, 5) is 25.7. The summed E-state index contributed by atoms with van der Waals surface area (Å²) in [5.74, 6) is -1.29. The van der Waals surface area contributed by atoms with E-state index in [0.717, 1.165) is 18.9 Å². The molecule has 1 fully saturated rings. The molecule has 2 N–H and O–H groups in total. The molecule has 1 amide bonds. The fourth-order valence-corrected chi connectivity index (χ4v) is 2.44. The van der Waals surface area contributed by atoms with E-state index in [-0.39, 0.29) is 17.2 Å². The van der Waals surface area contributed by atoms with Crippen molar-refractivity contribution in [2.45, 2.75) is 25.3 Å². The fraction of sp³-hybridized carbons (Fsp3) is 0.429. The molecular weight excluding hydrogens is 263 g/mol. The van der Waals surface area contributed by atoms with E-state index in [1.54, 1.807) is 0 Å². The minimum atomic E-state index is -0.592. The Hall–Kier alpha value is -2.11. The molecule has 5 nitrogen and oxygen atoms in total. The number of esters is 1. The van der Waals surface area contributed by atoms with Gasteiger partial charge in [-0.3, -0.25) is 4.79 Å². The number of likely N-dealkylation sites (tertiary alicyclic amines) is 1. The number of hydrogen-bond acceptors (Lipinski definition) is 4. The highest BCUT2D eigenvalue weighted by Gasteiger charge is 2.33. The number of ether oxygens (including phenoxy) is 1. The zero-order valence-corrected chi connectivity index (χ0v) is 11.3. The molecule has 0 aliphatic carbocycles. The number of hydrogen-bond donors (Lipinski definition) is 1. The van der Waals surface area contributed by atoms with Crippen LogP contribution in [0.1, 0.15) is 29.6 Å². The number of amides is 1. The second kappa shape index (κ2) is 5.90. The van der Waals surface area contributed by atoms with E-state index in [2.05, 4.69) is 0 Å². The molecule has 20 heavy (non-hydrogen) atoms. The number of carbonyl (C=O) groups excluding carboxylic acids is 2. The Labute approximate surface area is 116 Å². The van der Waals surface area contributed by atoms with Gasteiger partial charge in [-0.05, 0) is 37.5 Å². The maximum atomic E-state index is 13.0. The van der Waals surface area contributed by atoms with Crippen molar-refractivity contribution in [1.82, 2.24) is 4.90 Å². The Morgan fingerprint density at radius 3 is 2.80 bits per heavy atom. The van der Waals surface area contributed by atoms with Crippen LogP contribution in [-0.4, -0.2) is 36.5 Å². The lowest BCUT2D eigenvalue weighted by molar-refractivity contribution is -0.147. The van der Waals surface area contributed by atoms with Crippen molar-refractivity contribution in [3.63, 3.8) is 0 Å². The SMILES string of the molecule is COC(=O)C1CCCCN1C(=O)c1ccc(F)cc1N. The molecule has 1 heterocycles. The number of nitrogen functional groups attached to an aromatic ring is 1. The highest BCUT2D eigenvalue weighted by atomic mass is 19.1. The summed E-state index contributed by atoms with van der Waals surface area (Å²) in [6.45, 7) is 0.468. The second-order valence-corrected chi connectivity index (χ2v) is 4.76. The van der Waals surface area contributed by atoms with E-state index >= 15 is 0 Å². The average Bonchev–Trinajstić information content (AvgIpc) is 2.46. The van der Waals surface area contributed by atoms with Crippen LogP contribution >= 0.6 is 0 Å². The van der Waals surface area contributed by atoms with Crippen LogP contribution in [0.3, 0.4) is 0 Å². The number of carbonyl (C=O) groups is 2. The zero-order valence-electron chi connectivity index (χ0n) is 11.3. The molecule has 1 aromatic carbocycles. The second-order valence-electron chi connectivity index (χ2n) is 4.76. The van der Waals surface area contributed by atoms with Gasteiger partial charge in [-0.1, -0.05) is 0 Å². The van der Waals surface area contributed by atoms with Crippen molar-refractivity contribution >= 4 is 17.6 Å². The Bertz CT molecular complexity index is 533. The van der Waals surface area contributed by atoms with Gasteiger partial charge in [0.15, 0.2) is 0 Å². The number of halogens is 1. The van der Waals surface area contributed by atoms with E-state index in [1.807, 2.05) is 0 Å². The summed E-state index contributed by atoms with van der Waals surface area (Å²) < 4.78 is 17.8. The smallest absolute Gasteiger partial charge is 0.328 e. The molecule has 6 heteroatoms. The molecule has 0 bridgehead atoms. The fourth-order valence-electron chi connectivity index (χ4n) is 2.44. The Morgan fingerprint density at radius 2 is 2.15 bits per heavy atom. The predicted molar refractivity (Wildman–Crippen MR) is 71.5 cm³/mol. The van der Waals surface area contributed by atoms with Crippen LogP contribution in [0, 0.1) is 5.82 Å². The molecule has 1 saturated heterocycles. The van der Waals surface area contributed by atoms with Gasteiger partial charge in [-0.2, -0.15) is 0 Å². The molecule has 1 aliphatic heterocycles. The van der Waals surface area contributed by atoms with Crippen LogP contribution in [0.5, 0.6) is 0 Å². The Balaban J connectivity index is 2.27. The molecule has 1 atom stereocenters. The van der Waals surface area contributed by atoms with Crippen molar-refractivity contribution in [3.8, 4) is 0 Å². The largest absolute Gasteiger partial charge is 0.467 e. The summed E-state index contributed by atoms with van der Waals surface area (Å²) >= 11 is 0. The van der Waals surface area contributed by atoms with Crippen LogP contribution in [0.15, 0.2) is 18.2 Å². The number of benzene rings is 1. The molecule has 1 aliphatic rings. The molecule has 0 radical (unpaired) electrons. The summed E-state index contributed by atoms with van der Waals surface area (Å²) in [7, 11) is 1.30. The van der Waals surface area contributed by atoms with Gasteiger partial charge in [0.05, 0.1) is 12.7 Å². The summed E-state index contributed by atoms with van der Waals surface area (Å²) in [5, 5.41) is 0. The molecule has 1 aromatic rings. The lowest BCUT2D eigenvalue weighted by Gasteiger charge is -2.34. The molecule has 108 valence electrons. The summed E-state index contributed by atoms with van der Waals surface area (Å²) in [6.07, 6.45) is 2.25. The van der Waals surface area contributed by atoms with Gasteiger partial charge in [0, 0.05) is 12.2 Å². The normalized spacial score (nSPS) is 18.7. The average molecular weight is 280 g/mol. The van der Waals surface area contributed by atoms with Crippen molar-refractivity contribution in [3.05, 3.63) is 29.6 Å². The third-order valence-corrected chi connectivity index (χ3v) is 3.48. The molecule has 2 rings (SSSR count). The third kappa shape index (κ3) is 2.74. The minimum absolute atomic E-state index is 0.0733. The first kappa shape index (κ1) is 14.3. The van der Waals surface area contributed by atoms with Crippen LogP contribution in [0.4, 0.5) is 10.1 Å². The van der Waals surface area contributed by atoms with Crippen molar-refractivity contribution in [1.29, 1.82) is 0 Å². The molecule has 0 spiro atoms. The number of piperidine rings is 1. The van der Waals surface area contributed by atoms with E-state index in [9.17, 15) is 14.0 Å². The number of methoxy groups -OCH3 is 1. The first-order valence-electron chi connectivity index (χ1n) is 6.48. The van der Waals surface area contributed by atoms with E-state index in [0.29, 0.717) is 13.0 Å². The molecule has 0 aromatic heterocycles. The Morgan fingerprint density at radius 1 is 1.40 bits per heavy atom. The maximum absolute atomic E-state index is 13.0. The molecule has 0 saturated carbocycles. The molecule has 1 unspecified atom stereocenters. The lowest BCUT2D eigenvalue weighted by atomic mass is 10.0. The van der Waals surface area contributed by atoms with Crippen LogP contribution < -0.4 is 5.73 Å². The van der Waals surface area contributed by atoms with Crippen molar-refractivity contribution in [2.24, 2.45) is 0 Å². The van der Waals surface area contributed by atoms with Gasteiger partial charge in [-0.15, -0.1) is 0 Å². The van der Waals surface area contributed by atoms with Crippen LogP contribution in [0.25, 0.3) is 0 Å². The number of rotatable bonds is 2. The van der Waals surface area contributed by atoms with E-state index in [4.69, 9.17) is 10.5 Å². The van der Waals surface area contributed by atoms with Gasteiger partial charge in [0.25, 0.3) is 5.91 Å². The van der Waals surface area contributed by atoms with Gasteiger partial charge in [0.1, 0.15) is 11.9 Å². The Kier molecular flexibility index (Phi) is 4.22. The first-order chi connectivity index (χ1) is 9.54. The summed E-state index contributed by atoms with van der Waals surface area (Å²) in [6, 6.07) is 3.03. The van der Waals surface area contributed by atoms with E-state index < -0.39 is 17.8 Å². The van der Waals surface area contributed by atoms with Gasteiger partial charge in [0.2, 0.25) is 0 Å². The monoisotopic (exact) mass is 280 g/mol. The zero-order chi connectivity index (χ0) is 14.7. The highest BCUT2D eigenvalue weighted by molar-refractivity contribution is 6.01. The number of nitrogens with zero attached hydrogens (tertiary/aromatic N) is 1. The third-order valence-electron chi connectivity index (χ3n) is 3.48. The lowest BCUT2D eigenvalue weighted by Crippen LogP contribution is -2.48. The standard InChI is InChI=1S/C14H17FN2O3/c1-20-14(19)12-4-2-3-7-17(12)13(18)10-6-5-9(15)8-11(10)16/h5-6,8,12H,2-4,7,16H2,1H3. The summed E-state index contributed by atoms with van der Waals surface area (Å²) in [5.41, 5.74) is 5.96. The highest BCUT2D eigenvalue weighted by Crippen LogP contribution is 2.23. The predicted octanol–water partition coefficient (Wildman–Crippen LogP) is 1.58. The van der Waals surface area contributed by atoms with Gasteiger partial charge < -0.3 is 15.4 Å². The molecular formula is C14H17FN2O3. The van der Waals surface area contributed by atoms with Crippen LogP contribution in [0.2, 0.25) is 0 Å². The van der Waals surface area contributed by atoms with Gasteiger partial charge in [-0.25, -0.2) is 9.18 Å². The maximum Gasteiger partial charge on any atom is 0.328 e. The topological polar surface area (TPSA) is 72.6 Å². The van der Waals surface area contributed by atoms with Crippen molar-refractivity contribution in [2.75, 3.05) is 19.4 Å². The van der Waals surface area contributed by atoms with Crippen LogP contribution in [-0.2, 0) is 9.53 Å². The van der Waals surface area contributed by atoms with Gasteiger partial charge >= 0.3 is 5.97 Å². The number of nitrogens with two attached hydrogens (primary N) is 1. The van der Waals surface area contributed by atoms with Crippen molar-refractivity contribution < 1.29 is 18.7 Å². The minimum Gasteiger partial charge on any atom is -0.467 e. The quantitative estimate of drug-likeness (QED) is 0.659. The number of anilines is 1. The van der Waals surface area contributed by atoms with E-state index in [1.165, 1.54) is 24.1 Å².